The van der Waals surface area contributed by atoms with Crippen molar-refractivity contribution < 1.29 is 14.6 Å². The first-order valence-electron chi connectivity index (χ1n) is 5.16. The van der Waals surface area contributed by atoms with Gasteiger partial charge in [-0.15, -0.1) is 11.3 Å². The summed E-state index contributed by atoms with van der Waals surface area (Å²) in [6.07, 6.45) is 0.146. The molecule has 1 unspecified atom stereocenters. The van der Waals surface area contributed by atoms with E-state index in [0.717, 1.165) is 5.00 Å². The summed E-state index contributed by atoms with van der Waals surface area (Å²) in [4.78, 5) is 10.9. The van der Waals surface area contributed by atoms with E-state index in [1.807, 2.05) is 18.4 Å². The summed E-state index contributed by atoms with van der Waals surface area (Å²) in [6.45, 7) is 2.47. The van der Waals surface area contributed by atoms with E-state index in [0.29, 0.717) is 13.0 Å². The van der Waals surface area contributed by atoms with Crippen molar-refractivity contribution in [1.82, 2.24) is 0 Å². The topological polar surface area (TPSA) is 58.6 Å². The van der Waals surface area contributed by atoms with Crippen LogP contribution in [0.1, 0.15) is 18.4 Å². The molecule has 0 bridgehead atoms. The van der Waals surface area contributed by atoms with Crippen molar-refractivity contribution in [3.8, 4) is 0 Å². The van der Waals surface area contributed by atoms with Crippen LogP contribution in [0.3, 0.4) is 0 Å². The van der Waals surface area contributed by atoms with Gasteiger partial charge < -0.3 is 15.2 Å². The Morgan fingerprint density at radius 3 is 3.00 bits per heavy atom. The maximum absolute atomic E-state index is 10.9. The van der Waals surface area contributed by atoms with Gasteiger partial charge in [0, 0.05) is 13.0 Å². The summed E-state index contributed by atoms with van der Waals surface area (Å²) in [5.41, 5.74) is 1.17. The van der Waals surface area contributed by atoms with Gasteiger partial charge in [-0.25, -0.2) is 0 Å². The van der Waals surface area contributed by atoms with Crippen molar-refractivity contribution in [3.05, 3.63) is 17.0 Å². The van der Waals surface area contributed by atoms with Crippen LogP contribution in [0.2, 0.25) is 0 Å². The fraction of sp³-hybridized carbons (Fsp3) is 0.545. The van der Waals surface area contributed by atoms with Crippen LogP contribution >= 0.6 is 11.3 Å². The number of aryl methyl sites for hydroxylation is 1. The average molecular weight is 243 g/mol. The van der Waals surface area contributed by atoms with E-state index < -0.39 is 6.10 Å². The number of hydrogen-bond acceptors (Lipinski definition) is 5. The molecular weight excluding hydrogens is 226 g/mol. The number of rotatable bonds is 6. The minimum Gasteiger partial charge on any atom is -0.469 e. The fourth-order valence-electron chi connectivity index (χ4n) is 1.25. The Kier molecular flexibility index (Phi) is 5.28. The van der Waals surface area contributed by atoms with Crippen molar-refractivity contribution in [2.45, 2.75) is 25.9 Å². The molecule has 1 atom stereocenters. The molecule has 5 heteroatoms. The Morgan fingerprint density at radius 2 is 2.44 bits per heavy atom. The van der Waals surface area contributed by atoms with Crippen molar-refractivity contribution >= 4 is 22.3 Å². The van der Waals surface area contributed by atoms with E-state index in [-0.39, 0.29) is 12.4 Å². The number of carbonyl (C=O) groups excluding carboxylic acids is 1. The predicted molar refractivity (Wildman–Crippen MR) is 64.8 cm³/mol. The molecule has 0 saturated heterocycles. The Bertz CT molecular complexity index is 338. The molecule has 90 valence electrons. The van der Waals surface area contributed by atoms with Crippen LogP contribution in [0.15, 0.2) is 11.4 Å². The van der Waals surface area contributed by atoms with Gasteiger partial charge in [0.1, 0.15) is 0 Å². The third-order valence-electron chi connectivity index (χ3n) is 2.27. The van der Waals surface area contributed by atoms with Crippen LogP contribution in [-0.4, -0.2) is 30.8 Å². The van der Waals surface area contributed by atoms with Crippen LogP contribution in [0, 0.1) is 6.92 Å². The summed E-state index contributed by atoms with van der Waals surface area (Å²) in [6, 6.07) is 2.02. The summed E-state index contributed by atoms with van der Waals surface area (Å²) in [5, 5.41) is 15.8. The average Bonchev–Trinajstić information content (AvgIpc) is 2.69. The lowest BCUT2D eigenvalue weighted by Gasteiger charge is -2.11. The molecule has 16 heavy (non-hydrogen) atoms. The quantitative estimate of drug-likeness (QED) is 0.748. The molecule has 4 nitrogen and oxygen atoms in total. The second kappa shape index (κ2) is 6.50. The molecule has 1 rings (SSSR count). The number of anilines is 1. The number of thiophene rings is 1. The molecular formula is C11H17NO3S. The first-order chi connectivity index (χ1) is 7.63. The van der Waals surface area contributed by atoms with Gasteiger partial charge in [0.2, 0.25) is 0 Å². The lowest BCUT2D eigenvalue weighted by atomic mass is 10.2. The van der Waals surface area contributed by atoms with E-state index >= 15 is 0 Å². The molecule has 2 N–H and O–H groups in total. The van der Waals surface area contributed by atoms with Gasteiger partial charge in [0.05, 0.1) is 18.2 Å². The first-order valence-corrected chi connectivity index (χ1v) is 6.04. The number of hydrogen-bond donors (Lipinski definition) is 2. The molecule has 0 amide bonds. The first kappa shape index (κ1) is 13.0. The standard InChI is InChI=1S/C11H17NO3S/c1-8-5-6-16-11(8)12-7-9(13)3-4-10(14)15-2/h5-6,9,12-13H,3-4,7H2,1-2H3. The van der Waals surface area contributed by atoms with Gasteiger partial charge in [-0.2, -0.15) is 0 Å². The fourth-order valence-corrected chi connectivity index (χ4v) is 2.08. The summed E-state index contributed by atoms with van der Waals surface area (Å²) in [7, 11) is 1.35. The van der Waals surface area contributed by atoms with Gasteiger partial charge >= 0.3 is 5.97 Å². The van der Waals surface area contributed by atoms with Crippen molar-refractivity contribution in [1.29, 1.82) is 0 Å². The zero-order valence-electron chi connectivity index (χ0n) is 9.53. The molecule has 0 aromatic carbocycles. The van der Waals surface area contributed by atoms with Crippen LogP contribution in [0.25, 0.3) is 0 Å². The van der Waals surface area contributed by atoms with Gasteiger partial charge in [-0.1, -0.05) is 0 Å². The van der Waals surface area contributed by atoms with Crippen LogP contribution in [0.4, 0.5) is 5.00 Å². The molecule has 0 aliphatic rings. The predicted octanol–water partition coefficient (Wildman–Crippen LogP) is 1.78. The summed E-state index contributed by atoms with van der Waals surface area (Å²) < 4.78 is 4.50. The monoisotopic (exact) mass is 243 g/mol. The molecule has 1 aromatic heterocycles. The normalized spacial score (nSPS) is 12.2. The molecule has 0 radical (unpaired) electrons. The molecule has 0 fully saturated rings. The van der Waals surface area contributed by atoms with Gasteiger partial charge in [0.25, 0.3) is 0 Å². The third kappa shape index (κ3) is 4.20. The van der Waals surface area contributed by atoms with E-state index in [9.17, 15) is 9.90 Å². The number of aliphatic hydroxyl groups excluding tert-OH is 1. The highest BCUT2D eigenvalue weighted by Crippen LogP contribution is 2.21. The third-order valence-corrected chi connectivity index (χ3v) is 3.24. The number of esters is 1. The van der Waals surface area contributed by atoms with Crippen LogP contribution in [-0.2, 0) is 9.53 Å². The SMILES string of the molecule is COC(=O)CCC(O)CNc1sccc1C. The van der Waals surface area contributed by atoms with E-state index in [1.165, 1.54) is 12.7 Å². The smallest absolute Gasteiger partial charge is 0.305 e. The van der Waals surface area contributed by atoms with Crippen molar-refractivity contribution in [3.63, 3.8) is 0 Å². The van der Waals surface area contributed by atoms with Gasteiger partial charge in [0.15, 0.2) is 0 Å². The Balaban J connectivity index is 2.22. The highest BCUT2D eigenvalue weighted by atomic mass is 32.1. The number of aliphatic hydroxyl groups is 1. The molecule has 0 aliphatic carbocycles. The Hall–Kier alpha value is -1.07. The minimum absolute atomic E-state index is 0.253. The molecule has 1 aromatic rings. The minimum atomic E-state index is -0.527. The van der Waals surface area contributed by atoms with Crippen LogP contribution in [0.5, 0.6) is 0 Å². The Morgan fingerprint density at radius 1 is 1.69 bits per heavy atom. The zero-order chi connectivity index (χ0) is 12.0. The highest BCUT2D eigenvalue weighted by molar-refractivity contribution is 7.14. The van der Waals surface area contributed by atoms with Crippen molar-refractivity contribution in [2.75, 3.05) is 19.0 Å². The summed E-state index contributed by atoms with van der Waals surface area (Å²) >= 11 is 1.61. The largest absolute Gasteiger partial charge is 0.469 e. The number of carbonyl (C=O) groups is 1. The Labute approximate surface area is 99.2 Å². The lowest BCUT2D eigenvalue weighted by Crippen LogP contribution is -2.20. The van der Waals surface area contributed by atoms with Crippen molar-refractivity contribution in [2.24, 2.45) is 0 Å². The van der Waals surface area contributed by atoms with Gasteiger partial charge in [-0.3, -0.25) is 4.79 Å². The summed E-state index contributed by atoms with van der Waals surface area (Å²) in [5.74, 6) is -0.286. The van der Waals surface area contributed by atoms with E-state index in [1.54, 1.807) is 11.3 Å². The zero-order valence-corrected chi connectivity index (χ0v) is 10.3. The van der Waals surface area contributed by atoms with Gasteiger partial charge in [-0.05, 0) is 30.4 Å². The molecule has 0 saturated carbocycles. The second-order valence-corrected chi connectivity index (χ2v) is 4.50. The second-order valence-electron chi connectivity index (χ2n) is 3.58. The molecule has 1 heterocycles. The molecule has 0 aliphatic heterocycles. The number of nitrogens with one attached hydrogen (secondary N) is 1. The van der Waals surface area contributed by atoms with Crippen LogP contribution < -0.4 is 5.32 Å². The highest BCUT2D eigenvalue weighted by Gasteiger charge is 2.08. The maximum atomic E-state index is 10.9. The number of ether oxygens (including phenoxy) is 1. The van der Waals surface area contributed by atoms with E-state index in [4.69, 9.17) is 0 Å². The van der Waals surface area contributed by atoms with E-state index in [2.05, 4.69) is 10.1 Å². The lowest BCUT2D eigenvalue weighted by molar-refractivity contribution is -0.141. The number of methoxy groups -OCH3 is 1. The molecule has 0 spiro atoms. The maximum Gasteiger partial charge on any atom is 0.305 e.